The third-order valence-corrected chi connectivity index (χ3v) is 5.28. The van der Waals surface area contributed by atoms with Crippen molar-refractivity contribution in [3.8, 4) is 0 Å². The Morgan fingerprint density at radius 1 is 1.19 bits per heavy atom. The first kappa shape index (κ1) is 17.4. The molecule has 0 atom stereocenters. The minimum Gasteiger partial charge on any atom is -0.324 e. The molecule has 0 aliphatic carbocycles. The number of halogens is 1. The molecule has 0 radical (unpaired) electrons. The number of hydrogen-bond donors (Lipinski definition) is 1. The smallest absolute Gasteiger partial charge is 0.324 e. The summed E-state index contributed by atoms with van der Waals surface area (Å²) in [7, 11) is 0. The molecule has 136 valence electrons. The van der Waals surface area contributed by atoms with Crippen molar-refractivity contribution in [3.05, 3.63) is 68.8 Å². The molecule has 0 spiro atoms. The lowest BCUT2D eigenvalue weighted by molar-refractivity contribution is -0.117. The van der Waals surface area contributed by atoms with Crippen LogP contribution < -0.4 is 11.0 Å². The van der Waals surface area contributed by atoms with Crippen molar-refractivity contribution in [1.82, 2.24) is 19.2 Å². The van der Waals surface area contributed by atoms with Gasteiger partial charge in [-0.25, -0.2) is 18.9 Å². The van der Waals surface area contributed by atoms with Crippen molar-refractivity contribution < 1.29 is 4.79 Å². The van der Waals surface area contributed by atoms with Gasteiger partial charge in [-0.05, 0) is 49.2 Å². The minimum atomic E-state index is -0.400. The molecule has 0 fully saturated rings. The van der Waals surface area contributed by atoms with Gasteiger partial charge in [0, 0.05) is 15.5 Å². The number of aromatic nitrogens is 4. The van der Waals surface area contributed by atoms with Crippen LogP contribution in [0.2, 0.25) is 0 Å². The second-order valence-corrected chi connectivity index (χ2v) is 7.22. The van der Waals surface area contributed by atoms with Crippen molar-refractivity contribution >= 4 is 44.1 Å². The minimum absolute atomic E-state index is 0.178. The number of rotatable bonds is 3. The van der Waals surface area contributed by atoms with E-state index >= 15 is 0 Å². The second-order valence-electron chi connectivity index (χ2n) is 6.36. The van der Waals surface area contributed by atoms with Gasteiger partial charge in [0.25, 0.3) is 0 Å². The van der Waals surface area contributed by atoms with Crippen LogP contribution in [0.3, 0.4) is 0 Å². The Bertz CT molecular complexity index is 1260. The zero-order chi connectivity index (χ0) is 19.1. The molecule has 0 aliphatic rings. The van der Waals surface area contributed by atoms with Crippen molar-refractivity contribution in [2.45, 2.75) is 20.4 Å². The number of para-hydroxylation sites is 1. The van der Waals surface area contributed by atoms with Gasteiger partial charge in [-0.2, -0.15) is 0 Å². The molecule has 0 saturated heterocycles. The first-order chi connectivity index (χ1) is 12.9. The number of fused-ring (bicyclic) bond motifs is 3. The summed E-state index contributed by atoms with van der Waals surface area (Å²) in [4.78, 5) is 29.3. The molecule has 2 heterocycles. The first-order valence-electron chi connectivity index (χ1n) is 8.33. The summed E-state index contributed by atoms with van der Waals surface area (Å²) < 4.78 is 3.48. The van der Waals surface area contributed by atoms with Gasteiger partial charge in [-0.3, -0.25) is 4.79 Å². The van der Waals surface area contributed by atoms with Crippen LogP contribution >= 0.6 is 15.9 Å². The summed E-state index contributed by atoms with van der Waals surface area (Å²) in [6.07, 6.45) is 1.45. The number of anilines is 1. The molecule has 2 aromatic carbocycles. The lowest BCUT2D eigenvalue weighted by Crippen LogP contribution is -2.28. The van der Waals surface area contributed by atoms with Crippen LogP contribution in [0.5, 0.6) is 0 Å². The maximum absolute atomic E-state index is 12.6. The van der Waals surface area contributed by atoms with Crippen LogP contribution in [0.15, 0.2) is 52.0 Å². The number of benzene rings is 2. The predicted molar refractivity (Wildman–Crippen MR) is 107 cm³/mol. The summed E-state index contributed by atoms with van der Waals surface area (Å²) in [5, 5.41) is 7.92. The highest BCUT2D eigenvalue weighted by molar-refractivity contribution is 9.10. The van der Waals surface area contributed by atoms with Crippen LogP contribution in [-0.4, -0.2) is 25.1 Å². The van der Waals surface area contributed by atoms with E-state index in [1.807, 2.05) is 44.2 Å². The molecule has 0 saturated carbocycles. The summed E-state index contributed by atoms with van der Waals surface area (Å²) in [6, 6.07) is 11.2. The summed E-state index contributed by atoms with van der Waals surface area (Å²) in [6.45, 7) is 3.71. The average molecular weight is 426 g/mol. The molecule has 4 aromatic rings. The monoisotopic (exact) mass is 425 g/mol. The summed E-state index contributed by atoms with van der Waals surface area (Å²) in [5.41, 5.74) is 3.55. The van der Waals surface area contributed by atoms with E-state index in [-0.39, 0.29) is 12.5 Å². The van der Waals surface area contributed by atoms with Crippen LogP contribution in [-0.2, 0) is 11.3 Å². The Morgan fingerprint density at radius 2 is 2.00 bits per heavy atom. The molecule has 1 amide bonds. The normalized spacial score (nSPS) is 11.2. The molecule has 7 nitrogen and oxygen atoms in total. The third kappa shape index (κ3) is 3.12. The second kappa shape index (κ2) is 6.62. The van der Waals surface area contributed by atoms with E-state index in [9.17, 15) is 9.59 Å². The van der Waals surface area contributed by atoms with E-state index in [1.54, 1.807) is 6.07 Å². The number of carbonyl (C=O) groups excluding carboxylic acids is 1. The Hall–Kier alpha value is -3.00. The van der Waals surface area contributed by atoms with Gasteiger partial charge in [0.15, 0.2) is 5.65 Å². The first-order valence-corrected chi connectivity index (χ1v) is 9.13. The predicted octanol–water partition coefficient (Wildman–Crippen LogP) is 3.06. The standard InChI is InChI=1S/C19H16BrN5O2/c1-11-4-3-5-14-17(11)21-10-24-18(14)23-25(19(24)27)9-16(26)22-13-6-7-15(20)12(2)8-13/h3-8,10H,9H2,1-2H3,(H,22,26). The van der Waals surface area contributed by atoms with E-state index in [2.05, 4.69) is 31.3 Å². The fourth-order valence-corrected chi connectivity index (χ4v) is 3.24. The fraction of sp³-hybridized carbons (Fsp3) is 0.158. The molecular weight excluding hydrogens is 410 g/mol. The molecule has 0 unspecified atom stereocenters. The van der Waals surface area contributed by atoms with E-state index in [4.69, 9.17) is 0 Å². The van der Waals surface area contributed by atoms with Crippen molar-refractivity contribution in [1.29, 1.82) is 0 Å². The number of aryl methyl sites for hydroxylation is 2. The summed E-state index contributed by atoms with van der Waals surface area (Å²) in [5.74, 6) is -0.323. The van der Waals surface area contributed by atoms with Gasteiger partial charge < -0.3 is 5.32 Å². The van der Waals surface area contributed by atoms with Crippen LogP contribution in [0.25, 0.3) is 16.6 Å². The molecule has 0 bridgehead atoms. The Balaban J connectivity index is 1.67. The molecule has 2 aromatic heterocycles. The van der Waals surface area contributed by atoms with Crippen molar-refractivity contribution in [2.24, 2.45) is 0 Å². The number of amides is 1. The third-order valence-electron chi connectivity index (χ3n) is 4.39. The fourth-order valence-electron chi connectivity index (χ4n) is 3.00. The van der Waals surface area contributed by atoms with Gasteiger partial charge in [0.1, 0.15) is 12.9 Å². The number of hydrogen-bond acceptors (Lipinski definition) is 4. The number of carbonyl (C=O) groups is 1. The Morgan fingerprint density at radius 3 is 2.78 bits per heavy atom. The average Bonchev–Trinajstić information content (AvgIpc) is 2.95. The van der Waals surface area contributed by atoms with Gasteiger partial charge in [0.2, 0.25) is 5.91 Å². The maximum Gasteiger partial charge on any atom is 0.352 e. The van der Waals surface area contributed by atoms with Gasteiger partial charge >= 0.3 is 5.69 Å². The zero-order valence-corrected chi connectivity index (χ0v) is 16.3. The van der Waals surface area contributed by atoms with Crippen molar-refractivity contribution in [3.63, 3.8) is 0 Å². The van der Waals surface area contributed by atoms with Crippen LogP contribution in [0.1, 0.15) is 11.1 Å². The maximum atomic E-state index is 12.6. The van der Waals surface area contributed by atoms with E-state index in [0.717, 1.165) is 31.2 Å². The van der Waals surface area contributed by atoms with Gasteiger partial charge in [-0.15, -0.1) is 5.10 Å². The number of nitrogens with one attached hydrogen (secondary N) is 1. The van der Waals surface area contributed by atoms with Gasteiger partial charge in [0.05, 0.1) is 5.52 Å². The highest BCUT2D eigenvalue weighted by Gasteiger charge is 2.14. The largest absolute Gasteiger partial charge is 0.352 e. The van der Waals surface area contributed by atoms with Gasteiger partial charge in [-0.1, -0.05) is 28.1 Å². The van der Waals surface area contributed by atoms with E-state index < -0.39 is 5.69 Å². The zero-order valence-electron chi connectivity index (χ0n) is 14.7. The SMILES string of the molecule is Cc1cc(NC(=O)Cn2nc3c4cccc(C)c4ncn3c2=O)ccc1Br. The highest BCUT2D eigenvalue weighted by Crippen LogP contribution is 2.20. The Labute approximate surface area is 162 Å². The molecule has 4 rings (SSSR count). The Kier molecular flexibility index (Phi) is 4.27. The lowest BCUT2D eigenvalue weighted by Gasteiger charge is -2.06. The molecule has 1 N–H and O–H groups in total. The molecule has 8 heteroatoms. The summed E-state index contributed by atoms with van der Waals surface area (Å²) >= 11 is 3.43. The molecule has 27 heavy (non-hydrogen) atoms. The van der Waals surface area contributed by atoms with E-state index in [1.165, 1.54) is 10.7 Å². The van der Waals surface area contributed by atoms with Crippen molar-refractivity contribution in [2.75, 3.05) is 5.32 Å². The molecular formula is C19H16BrN5O2. The topological polar surface area (TPSA) is 81.3 Å². The highest BCUT2D eigenvalue weighted by atomic mass is 79.9. The van der Waals surface area contributed by atoms with Crippen LogP contribution in [0.4, 0.5) is 5.69 Å². The van der Waals surface area contributed by atoms with Crippen LogP contribution in [0, 0.1) is 13.8 Å². The number of nitrogens with zero attached hydrogens (tertiary/aromatic N) is 4. The quantitative estimate of drug-likeness (QED) is 0.546. The molecule has 0 aliphatic heterocycles. The van der Waals surface area contributed by atoms with E-state index in [0.29, 0.717) is 11.3 Å². The lowest BCUT2D eigenvalue weighted by atomic mass is 10.1.